The first-order valence-corrected chi connectivity index (χ1v) is 11.1. The molecule has 0 aromatic heterocycles. The van der Waals surface area contributed by atoms with Crippen LogP contribution in [0.4, 0.5) is 11.4 Å². The number of rotatable bonds is 5. The van der Waals surface area contributed by atoms with Gasteiger partial charge in [0.2, 0.25) is 5.91 Å². The SMILES string of the molecule is CC(=O)Nc1cccc(CCN2CCC3(CC2)CN(c2ccccc2)C(=O)C(C)O3)c1. The lowest BCUT2D eigenvalue weighted by Crippen LogP contribution is -2.61. The maximum absolute atomic E-state index is 12.7. The number of nitrogens with one attached hydrogen (secondary N) is 1. The highest BCUT2D eigenvalue weighted by Crippen LogP contribution is 2.35. The standard InChI is InChI=1S/C25H31N3O3/c1-19-24(30)28(23-9-4-3-5-10-23)18-25(31-19)12-15-27(16-13-25)14-11-21-7-6-8-22(17-21)26-20(2)29/h3-10,17,19H,11-16,18H2,1-2H3,(H,26,29). The molecule has 2 aliphatic heterocycles. The average molecular weight is 422 g/mol. The van der Waals surface area contributed by atoms with Crippen LogP contribution in [0.3, 0.4) is 0 Å². The third-order valence-corrected chi connectivity index (χ3v) is 6.29. The molecule has 6 nitrogen and oxygen atoms in total. The Morgan fingerprint density at radius 2 is 1.87 bits per heavy atom. The minimum atomic E-state index is -0.419. The van der Waals surface area contributed by atoms with Crippen LogP contribution in [0.15, 0.2) is 54.6 Å². The van der Waals surface area contributed by atoms with Gasteiger partial charge in [-0.3, -0.25) is 9.59 Å². The largest absolute Gasteiger partial charge is 0.360 e. The summed E-state index contributed by atoms with van der Waals surface area (Å²) in [6.45, 7) is 6.89. The van der Waals surface area contributed by atoms with Crippen molar-refractivity contribution in [2.75, 3.05) is 36.4 Å². The Morgan fingerprint density at radius 3 is 2.58 bits per heavy atom. The molecule has 2 aliphatic rings. The summed E-state index contributed by atoms with van der Waals surface area (Å²) in [4.78, 5) is 28.4. The summed E-state index contributed by atoms with van der Waals surface area (Å²) in [5.74, 6) is -0.0125. The van der Waals surface area contributed by atoms with Crippen LogP contribution in [0.1, 0.15) is 32.3 Å². The molecule has 2 saturated heterocycles. The molecule has 1 spiro atoms. The second-order valence-electron chi connectivity index (χ2n) is 8.68. The Labute approximate surface area is 184 Å². The van der Waals surface area contributed by atoms with Crippen LogP contribution in [0, 0.1) is 0 Å². The summed E-state index contributed by atoms with van der Waals surface area (Å²) in [6.07, 6.45) is 2.35. The van der Waals surface area contributed by atoms with Crippen LogP contribution in [0.25, 0.3) is 0 Å². The van der Waals surface area contributed by atoms with E-state index < -0.39 is 6.10 Å². The molecule has 0 saturated carbocycles. The molecule has 2 aromatic rings. The van der Waals surface area contributed by atoms with E-state index in [4.69, 9.17) is 4.74 Å². The smallest absolute Gasteiger partial charge is 0.255 e. The fraction of sp³-hybridized carbons (Fsp3) is 0.440. The van der Waals surface area contributed by atoms with Gasteiger partial charge in [-0.25, -0.2) is 0 Å². The van der Waals surface area contributed by atoms with Crippen molar-refractivity contribution in [2.45, 2.75) is 44.8 Å². The van der Waals surface area contributed by atoms with Gasteiger partial charge in [0.1, 0.15) is 6.10 Å². The number of amides is 2. The Bertz CT molecular complexity index is 923. The Hall–Kier alpha value is -2.70. The molecule has 2 heterocycles. The van der Waals surface area contributed by atoms with Crippen molar-refractivity contribution in [3.63, 3.8) is 0 Å². The first-order valence-electron chi connectivity index (χ1n) is 11.1. The van der Waals surface area contributed by atoms with Gasteiger partial charge in [-0.15, -0.1) is 0 Å². The van der Waals surface area contributed by atoms with Gasteiger partial charge in [-0.2, -0.15) is 0 Å². The maximum Gasteiger partial charge on any atom is 0.255 e. The summed E-state index contributed by atoms with van der Waals surface area (Å²) >= 11 is 0. The van der Waals surface area contributed by atoms with Crippen LogP contribution in [-0.2, 0) is 20.7 Å². The van der Waals surface area contributed by atoms with Gasteiger partial charge in [0.05, 0.1) is 12.1 Å². The highest BCUT2D eigenvalue weighted by Gasteiger charge is 2.45. The average Bonchev–Trinajstić information content (AvgIpc) is 2.76. The van der Waals surface area contributed by atoms with Crippen molar-refractivity contribution >= 4 is 23.2 Å². The van der Waals surface area contributed by atoms with Gasteiger partial charge in [0.15, 0.2) is 0 Å². The number of benzene rings is 2. The monoisotopic (exact) mass is 421 g/mol. The van der Waals surface area contributed by atoms with Crippen molar-refractivity contribution < 1.29 is 14.3 Å². The summed E-state index contributed by atoms with van der Waals surface area (Å²) in [7, 11) is 0. The third kappa shape index (κ3) is 5.14. The van der Waals surface area contributed by atoms with Crippen molar-refractivity contribution in [1.29, 1.82) is 0 Å². The van der Waals surface area contributed by atoms with Gasteiger partial charge in [0.25, 0.3) is 5.91 Å². The highest BCUT2D eigenvalue weighted by molar-refractivity contribution is 5.97. The Morgan fingerprint density at radius 1 is 1.13 bits per heavy atom. The van der Waals surface area contributed by atoms with E-state index in [1.807, 2.05) is 60.4 Å². The second-order valence-corrected chi connectivity index (χ2v) is 8.68. The molecule has 1 atom stereocenters. The number of anilines is 2. The minimum absolute atomic E-state index is 0.0401. The van der Waals surface area contributed by atoms with E-state index in [1.54, 1.807) is 0 Å². The van der Waals surface area contributed by atoms with Gasteiger partial charge in [-0.1, -0.05) is 30.3 Å². The summed E-state index contributed by atoms with van der Waals surface area (Å²) < 4.78 is 6.28. The molecule has 164 valence electrons. The van der Waals surface area contributed by atoms with E-state index in [1.165, 1.54) is 12.5 Å². The van der Waals surface area contributed by atoms with Gasteiger partial charge in [0, 0.05) is 37.9 Å². The molecule has 0 bridgehead atoms. The quantitative estimate of drug-likeness (QED) is 0.803. The maximum atomic E-state index is 12.7. The second kappa shape index (κ2) is 9.20. The molecule has 6 heteroatoms. The van der Waals surface area contributed by atoms with Gasteiger partial charge in [-0.05, 0) is 56.0 Å². The number of hydrogen-bond acceptors (Lipinski definition) is 4. The van der Waals surface area contributed by atoms with E-state index in [0.29, 0.717) is 6.54 Å². The third-order valence-electron chi connectivity index (χ3n) is 6.29. The lowest BCUT2D eigenvalue weighted by Gasteiger charge is -2.49. The first-order chi connectivity index (χ1) is 14.9. The van der Waals surface area contributed by atoms with E-state index in [0.717, 1.165) is 50.3 Å². The van der Waals surface area contributed by atoms with Crippen molar-refractivity contribution in [3.8, 4) is 0 Å². The number of ether oxygens (including phenoxy) is 1. The molecular weight excluding hydrogens is 390 g/mol. The van der Waals surface area contributed by atoms with Crippen molar-refractivity contribution in [1.82, 2.24) is 4.90 Å². The number of hydrogen-bond donors (Lipinski definition) is 1. The van der Waals surface area contributed by atoms with Crippen LogP contribution in [0.5, 0.6) is 0 Å². The zero-order chi connectivity index (χ0) is 21.8. The van der Waals surface area contributed by atoms with Crippen LogP contribution < -0.4 is 10.2 Å². The first kappa shape index (κ1) is 21.5. The molecule has 31 heavy (non-hydrogen) atoms. The van der Waals surface area contributed by atoms with Crippen LogP contribution in [0.2, 0.25) is 0 Å². The molecule has 4 rings (SSSR count). The number of carbonyl (C=O) groups is 2. The van der Waals surface area contributed by atoms with Crippen LogP contribution in [-0.4, -0.2) is 54.6 Å². The normalized spacial score (nSPS) is 21.3. The van der Waals surface area contributed by atoms with Crippen LogP contribution >= 0.6 is 0 Å². The number of para-hydroxylation sites is 1. The number of carbonyl (C=O) groups excluding carboxylic acids is 2. The molecule has 1 N–H and O–H groups in total. The predicted octanol–water partition coefficient (Wildman–Crippen LogP) is 3.47. The zero-order valence-corrected chi connectivity index (χ0v) is 18.3. The molecule has 2 fully saturated rings. The molecule has 1 unspecified atom stereocenters. The summed E-state index contributed by atoms with van der Waals surface area (Å²) in [5.41, 5.74) is 2.74. The number of morpholine rings is 1. The number of nitrogens with zero attached hydrogens (tertiary/aromatic N) is 2. The molecule has 0 aliphatic carbocycles. The lowest BCUT2D eigenvalue weighted by molar-refractivity contribution is -0.161. The number of likely N-dealkylation sites (tertiary alicyclic amines) is 1. The van der Waals surface area contributed by atoms with Gasteiger partial charge >= 0.3 is 0 Å². The molecular formula is C25H31N3O3. The fourth-order valence-electron chi connectivity index (χ4n) is 4.63. The highest BCUT2D eigenvalue weighted by atomic mass is 16.5. The van der Waals surface area contributed by atoms with Gasteiger partial charge < -0.3 is 19.9 Å². The number of piperidine rings is 1. The minimum Gasteiger partial charge on any atom is -0.360 e. The van der Waals surface area contributed by atoms with E-state index in [9.17, 15) is 9.59 Å². The van der Waals surface area contributed by atoms with E-state index >= 15 is 0 Å². The summed E-state index contributed by atoms with van der Waals surface area (Å²) in [5, 5.41) is 2.85. The van der Waals surface area contributed by atoms with Crippen molar-refractivity contribution in [2.24, 2.45) is 0 Å². The predicted molar refractivity (Wildman–Crippen MR) is 122 cm³/mol. The topological polar surface area (TPSA) is 61.9 Å². The molecule has 2 aromatic carbocycles. The fourth-order valence-corrected chi connectivity index (χ4v) is 4.63. The molecule has 2 amide bonds. The zero-order valence-electron chi connectivity index (χ0n) is 18.3. The van der Waals surface area contributed by atoms with E-state index in [2.05, 4.69) is 16.3 Å². The van der Waals surface area contributed by atoms with E-state index in [-0.39, 0.29) is 17.4 Å². The molecule has 0 radical (unpaired) electrons. The summed E-state index contributed by atoms with van der Waals surface area (Å²) in [6, 6.07) is 17.9. The Balaban J connectivity index is 1.34. The Kier molecular flexibility index (Phi) is 6.39. The lowest BCUT2D eigenvalue weighted by atomic mass is 9.88. The van der Waals surface area contributed by atoms with Crippen molar-refractivity contribution in [3.05, 3.63) is 60.2 Å².